The summed E-state index contributed by atoms with van der Waals surface area (Å²) in [6.07, 6.45) is 0. The molecule has 0 aliphatic carbocycles. The lowest BCUT2D eigenvalue weighted by molar-refractivity contribution is 0.0456. The van der Waals surface area contributed by atoms with E-state index in [0.717, 1.165) is 17.1 Å². The topological polar surface area (TPSA) is 43.4 Å². The Bertz CT molecular complexity index is 289. The van der Waals surface area contributed by atoms with E-state index < -0.39 is 0 Å². The minimum Gasteiger partial charge on any atom is -0.497 e. The van der Waals surface area contributed by atoms with Crippen molar-refractivity contribution < 1.29 is 9.57 Å². The van der Waals surface area contributed by atoms with Crippen LogP contribution in [0.1, 0.15) is 18.3 Å². The molecule has 4 heteroatoms. The number of methoxy groups -OCH3 is 1. The van der Waals surface area contributed by atoms with E-state index in [9.17, 15) is 0 Å². The third-order valence-corrected chi connectivity index (χ3v) is 1.72. The molecular weight excluding hydrogens is 180 g/mol. The molecule has 0 spiro atoms. The van der Waals surface area contributed by atoms with Gasteiger partial charge in [-0.3, -0.25) is 4.98 Å². The Morgan fingerprint density at radius 1 is 1.43 bits per heavy atom. The lowest BCUT2D eigenvalue weighted by Crippen LogP contribution is -2.14. The second-order valence-electron chi connectivity index (χ2n) is 2.89. The van der Waals surface area contributed by atoms with Gasteiger partial charge < -0.3 is 9.57 Å². The molecular formula is C10H16N2O2. The number of aromatic nitrogens is 1. The number of hydrogen-bond donors (Lipinski definition) is 1. The highest BCUT2D eigenvalue weighted by Gasteiger charge is 1.99. The molecule has 0 saturated carbocycles. The van der Waals surface area contributed by atoms with Gasteiger partial charge in [-0.15, -0.1) is 0 Å². The fraction of sp³-hybridized carbons (Fsp3) is 0.500. The average Bonchev–Trinajstić information content (AvgIpc) is 2.17. The monoisotopic (exact) mass is 196 g/mol. The maximum Gasteiger partial charge on any atom is 0.122 e. The van der Waals surface area contributed by atoms with Gasteiger partial charge in [0.2, 0.25) is 0 Å². The second kappa shape index (κ2) is 5.57. The molecule has 0 saturated heterocycles. The van der Waals surface area contributed by atoms with Crippen LogP contribution < -0.4 is 10.2 Å². The van der Waals surface area contributed by atoms with Gasteiger partial charge in [0.05, 0.1) is 26.0 Å². The summed E-state index contributed by atoms with van der Waals surface area (Å²) in [4.78, 5) is 9.35. The van der Waals surface area contributed by atoms with Crippen molar-refractivity contribution in [1.29, 1.82) is 0 Å². The molecule has 1 N–H and O–H groups in total. The highest BCUT2D eigenvalue weighted by Crippen LogP contribution is 2.12. The van der Waals surface area contributed by atoms with Crippen LogP contribution in [0.5, 0.6) is 5.75 Å². The van der Waals surface area contributed by atoms with Gasteiger partial charge in [0.25, 0.3) is 0 Å². The molecule has 1 rings (SSSR count). The molecule has 0 aliphatic heterocycles. The van der Waals surface area contributed by atoms with Crippen LogP contribution in [0.4, 0.5) is 0 Å². The summed E-state index contributed by atoms with van der Waals surface area (Å²) in [5.74, 6) is 0.825. The van der Waals surface area contributed by atoms with Crippen LogP contribution in [0.2, 0.25) is 0 Å². The van der Waals surface area contributed by atoms with Gasteiger partial charge in [0.1, 0.15) is 5.75 Å². The van der Waals surface area contributed by atoms with Crippen LogP contribution in [-0.2, 0) is 11.4 Å². The van der Waals surface area contributed by atoms with Gasteiger partial charge in [0, 0.05) is 17.8 Å². The lowest BCUT2D eigenvalue weighted by atomic mass is 10.3. The van der Waals surface area contributed by atoms with Crippen molar-refractivity contribution in [3.8, 4) is 5.75 Å². The highest BCUT2D eigenvalue weighted by molar-refractivity contribution is 5.26. The summed E-state index contributed by atoms with van der Waals surface area (Å²) >= 11 is 0. The Morgan fingerprint density at radius 3 is 2.86 bits per heavy atom. The number of ether oxygens (including phenoxy) is 1. The van der Waals surface area contributed by atoms with E-state index >= 15 is 0 Å². The molecule has 0 unspecified atom stereocenters. The summed E-state index contributed by atoms with van der Waals surface area (Å²) < 4.78 is 5.13. The van der Waals surface area contributed by atoms with E-state index in [-0.39, 0.29) is 0 Å². The number of pyridine rings is 1. The molecule has 78 valence electrons. The molecule has 4 nitrogen and oxygen atoms in total. The van der Waals surface area contributed by atoms with E-state index in [2.05, 4.69) is 10.5 Å². The predicted molar refractivity (Wildman–Crippen MR) is 54.0 cm³/mol. The van der Waals surface area contributed by atoms with Crippen molar-refractivity contribution >= 4 is 0 Å². The van der Waals surface area contributed by atoms with Crippen LogP contribution in [0.25, 0.3) is 0 Å². The number of rotatable bonds is 5. The molecule has 1 aromatic rings. The first kappa shape index (κ1) is 10.9. The summed E-state index contributed by atoms with van der Waals surface area (Å²) in [5, 5.41) is 0. The van der Waals surface area contributed by atoms with Crippen molar-refractivity contribution in [3.05, 3.63) is 23.5 Å². The Kier molecular flexibility index (Phi) is 4.35. The third kappa shape index (κ3) is 3.32. The summed E-state index contributed by atoms with van der Waals surface area (Å²) in [6, 6.07) is 3.78. The van der Waals surface area contributed by atoms with Crippen LogP contribution in [0, 0.1) is 6.92 Å². The maximum absolute atomic E-state index is 5.13. The molecule has 0 amide bonds. The zero-order valence-electron chi connectivity index (χ0n) is 8.83. The fourth-order valence-corrected chi connectivity index (χ4v) is 1.14. The van der Waals surface area contributed by atoms with Crippen molar-refractivity contribution in [1.82, 2.24) is 10.5 Å². The zero-order chi connectivity index (χ0) is 10.4. The van der Waals surface area contributed by atoms with E-state index in [1.165, 1.54) is 0 Å². The molecule has 14 heavy (non-hydrogen) atoms. The largest absolute Gasteiger partial charge is 0.497 e. The molecule has 0 aromatic carbocycles. The minimum atomic E-state index is 0.589. The third-order valence-electron chi connectivity index (χ3n) is 1.72. The van der Waals surface area contributed by atoms with Gasteiger partial charge in [0.15, 0.2) is 0 Å². The quantitative estimate of drug-likeness (QED) is 0.571. The van der Waals surface area contributed by atoms with Crippen molar-refractivity contribution in [3.63, 3.8) is 0 Å². The van der Waals surface area contributed by atoms with Crippen LogP contribution in [0.15, 0.2) is 12.1 Å². The highest BCUT2D eigenvalue weighted by atomic mass is 16.6. The smallest absolute Gasteiger partial charge is 0.122 e. The first-order valence-electron chi connectivity index (χ1n) is 4.62. The van der Waals surface area contributed by atoms with Gasteiger partial charge in [-0.25, -0.2) is 0 Å². The van der Waals surface area contributed by atoms with E-state index in [4.69, 9.17) is 9.57 Å². The average molecular weight is 196 g/mol. The van der Waals surface area contributed by atoms with E-state index in [1.807, 2.05) is 26.0 Å². The van der Waals surface area contributed by atoms with Crippen LogP contribution >= 0.6 is 0 Å². The van der Waals surface area contributed by atoms with Crippen molar-refractivity contribution in [2.45, 2.75) is 20.4 Å². The number of hydrogen-bond acceptors (Lipinski definition) is 4. The number of nitrogens with one attached hydrogen (secondary N) is 1. The number of nitrogens with zero attached hydrogens (tertiary/aromatic N) is 1. The number of hydroxylamine groups is 1. The van der Waals surface area contributed by atoms with Gasteiger partial charge >= 0.3 is 0 Å². The first-order valence-corrected chi connectivity index (χ1v) is 4.62. The molecule has 1 aromatic heterocycles. The van der Waals surface area contributed by atoms with Crippen molar-refractivity contribution in [2.24, 2.45) is 0 Å². The second-order valence-corrected chi connectivity index (χ2v) is 2.89. The molecule has 1 heterocycles. The van der Waals surface area contributed by atoms with Gasteiger partial charge in [-0.2, -0.15) is 5.48 Å². The number of aryl methyl sites for hydroxylation is 1. The molecule has 0 aliphatic rings. The molecule has 0 radical (unpaired) electrons. The Balaban J connectivity index is 2.62. The van der Waals surface area contributed by atoms with Gasteiger partial charge in [-0.05, 0) is 13.8 Å². The zero-order valence-corrected chi connectivity index (χ0v) is 8.83. The van der Waals surface area contributed by atoms with Crippen LogP contribution in [0.3, 0.4) is 0 Å². The molecule has 0 fully saturated rings. The van der Waals surface area contributed by atoms with Crippen LogP contribution in [-0.4, -0.2) is 18.7 Å². The summed E-state index contributed by atoms with van der Waals surface area (Å²) in [7, 11) is 1.65. The molecule has 0 atom stereocenters. The normalized spacial score (nSPS) is 10.2. The summed E-state index contributed by atoms with van der Waals surface area (Å²) in [5.41, 5.74) is 4.67. The van der Waals surface area contributed by atoms with E-state index in [1.54, 1.807) is 7.11 Å². The SMILES string of the molecule is CCONCc1cc(OC)cc(C)n1. The van der Waals surface area contributed by atoms with Crippen molar-refractivity contribution in [2.75, 3.05) is 13.7 Å². The standard InChI is InChI=1S/C10H16N2O2/c1-4-14-11-7-9-6-10(13-3)5-8(2)12-9/h5-6,11H,4,7H2,1-3H3. The minimum absolute atomic E-state index is 0.589. The maximum atomic E-state index is 5.13. The first-order chi connectivity index (χ1) is 6.76. The Labute approximate surface area is 84.2 Å². The van der Waals surface area contributed by atoms with E-state index in [0.29, 0.717) is 13.2 Å². The lowest BCUT2D eigenvalue weighted by Gasteiger charge is -2.06. The summed E-state index contributed by atoms with van der Waals surface area (Å²) in [6.45, 7) is 5.10. The Morgan fingerprint density at radius 2 is 2.21 bits per heavy atom. The Hall–Kier alpha value is -1.13. The predicted octanol–water partition coefficient (Wildman–Crippen LogP) is 1.44. The fourth-order valence-electron chi connectivity index (χ4n) is 1.14. The molecule has 0 bridgehead atoms. The van der Waals surface area contributed by atoms with Gasteiger partial charge in [-0.1, -0.05) is 0 Å².